The number of hydrogen-bond acceptors (Lipinski definition) is 5. The van der Waals surface area contributed by atoms with Gasteiger partial charge < -0.3 is 20.2 Å². The molecule has 0 amide bonds. The zero-order chi connectivity index (χ0) is 24.6. The van der Waals surface area contributed by atoms with Gasteiger partial charge in [-0.3, -0.25) is 0 Å². The fraction of sp³-hybridized carbons (Fsp3) is 0.300. The van der Waals surface area contributed by atoms with Crippen molar-refractivity contribution in [2.45, 2.75) is 33.2 Å². The number of benzene rings is 2. The van der Waals surface area contributed by atoms with E-state index in [4.69, 9.17) is 10.7 Å². The number of nitrogens with zero attached hydrogens (tertiary/aromatic N) is 5. The summed E-state index contributed by atoms with van der Waals surface area (Å²) in [5, 5.41) is 1.93. The predicted octanol–water partition coefficient (Wildman–Crippen LogP) is 5.73. The van der Waals surface area contributed by atoms with Gasteiger partial charge in [0.25, 0.3) is 0 Å². The number of nitrogens with two attached hydrogens (primary N) is 1. The smallest absolute Gasteiger partial charge is 0.146 e. The number of nitrogen functional groups attached to an aromatic ring is 1. The third-order valence-corrected chi connectivity index (χ3v) is 7.68. The second-order valence-corrected chi connectivity index (χ2v) is 9.82. The molecule has 37 heavy (non-hydrogen) atoms. The van der Waals surface area contributed by atoms with E-state index >= 15 is 0 Å². The van der Waals surface area contributed by atoms with E-state index in [1.54, 1.807) is 6.33 Å². The molecule has 3 aromatic heterocycles. The van der Waals surface area contributed by atoms with Crippen molar-refractivity contribution >= 4 is 27.8 Å². The molecule has 5 aromatic rings. The van der Waals surface area contributed by atoms with E-state index in [-0.39, 0.29) is 32.7 Å². The van der Waals surface area contributed by atoms with Crippen LogP contribution in [0.2, 0.25) is 0 Å². The molecule has 0 saturated carbocycles. The largest absolute Gasteiger partial charge is 0.383 e. The normalized spacial score (nSPS) is 14.8. The van der Waals surface area contributed by atoms with E-state index in [2.05, 4.69) is 69.8 Å². The maximum Gasteiger partial charge on any atom is 0.146 e. The van der Waals surface area contributed by atoms with Crippen molar-refractivity contribution in [2.24, 2.45) is 5.92 Å². The first kappa shape index (κ1) is 26.0. The Hall–Kier alpha value is -2.67. The van der Waals surface area contributed by atoms with Gasteiger partial charge in [0.1, 0.15) is 17.8 Å². The van der Waals surface area contributed by atoms with Gasteiger partial charge in [-0.25, -0.2) is 9.97 Å². The second-order valence-electron chi connectivity index (χ2n) is 9.82. The first-order valence-corrected chi connectivity index (χ1v) is 12.8. The fourth-order valence-corrected chi connectivity index (χ4v) is 5.56. The van der Waals surface area contributed by atoms with E-state index < -0.39 is 0 Å². The molecule has 4 heterocycles. The number of anilines is 1. The summed E-state index contributed by atoms with van der Waals surface area (Å²) in [6.07, 6.45) is 6.22. The molecule has 2 aromatic carbocycles. The van der Waals surface area contributed by atoms with Crippen molar-refractivity contribution in [3.63, 3.8) is 0 Å². The molecule has 0 spiro atoms. The summed E-state index contributed by atoms with van der Waals surface area (Å²) in [5.41, 5.74) is 13.6. The first-order chi connectivity index (χ1) is 17.6. The minimum absolute atomic E-state index is 0. The molecule has 2 N–H and O–H groups in total. The van der Waals surface area contributed by atoms with Crippen LogP contribution in [0.1, 0.15) is 25.3 Å². The number of fused-ring (bicyclic) bond motifs is 2. The van der Waals surface area contributed by atoms with Crippen LogP contribution < -0.4 is 5.73 Å². The minimum atomic E-state index is 0. The molecular formula is C30H31N6Y-. The number of pyridine rings is 1. The summed E-state index contributed by atoms with van der Waals surface area (Å²) in [5.74, 6) is 1.15. The van der Waals surface area contributed by atoms with Crippen LogP contribution in [0.5, 0.6) is 0 Å². The van der Waals surface area contributed by atoms with Crippen molar-refractivity contribution in [3.05, 3.63) is 72.7 Å². The van der Waals surface area contributed by atoms with Crippen molar-refractivity contribution in [1.29, 1.82) is 0 Å². The molecule has 0 aliphatic carbocycles. The molecule has 6 nitrogen and oxygen atoms in total. The molecular weight excluding hydrogens is 533 g/mol. The predicted molar refractivity (Wildman–Crippen MR) is 147 cm³/mol. The SMILES string of the molecule is CCN1CCC(Cn2cc(-c3ccc4[c-]cc(-c5ccccc5)nc4c3C)c3c(N)ncnc32)CC1.[Y]. The van der Waals surface area contributed by atoms with Crippen molar-refractivity contribution in [1.82, 2.24) is 24.4 Å². The third-order valence-electron chi connectivity index (χ3n) is 7.68. The van der Waals surface area contributed by atoms with Gasteiger partial charge in [0, 0.05) is 51.0 Å². The van der Waals surface area contributed by atoms with Crippen LogP contribution in [0, 0.1) is 18.9 Å². The zero-order valence-electron chi connectivity index (χ0n) is 21.5. The molecule has 1 aliphatic heterocycles. The van der Waals surface area contributed by atoms with Gasteiger partial charge in [-0.1, -0.05) is 48.9 Å². The Kier molecular flexibility index (Phi) is 7.71. The summed E-state index contributed by atoms with van der Waals surface area (Å²) < 4.78 is 2.29. The van der Waals surface area contributed by atoms with Crippen molar-refractivity contribution in [3.8, 4) is 22.4 Å². The summed E-state index contributed by atoms with van der Waals surface area (Å²) in [6.45, 7) is 8.79. The molecule has 1 fully saturated rings. The number of aryl methyl sites for hydroxylation is 1. The molecule has 1 saturated heterocycles. The Labute approximate surface area is 243 Å². The van der Waals surface area contributed by atoms with E-state index in [9.17, 15) is 0 Å². The van der Waals surface area contributed by atoms with Crippen LogP contribution in [-0.2, 0) is 39.3 Å². The third kappa shape index (κ3) is 4.95. The molecule has 0 atom stereocenters. The Bertz CT molecular complexity index is 1540. The van der Waals surface area contributed by atoms with Gasteiger partial charge in [-0.05, 0) is 67.7 Å². The Balaban J connectivity index is 0.00000280. The summed E-state index contributed by atoms with van der Waals surface area (Å²) in [7, 11) is 0. The van der Waals surface area contributed by atoms with Gasteiger partial charge in [-0.2, -0.15) is 0 Å². The number of aromatic nitrogens is 4. The fourth-order valence-electron chi connectivity index (χ4n) is 5.56. The van der Waals surface area contributed by atoms with E-state index in [0.29, 0.717) is 11.7 Å². The topological polar surface area (TPSA) is 72.9 Å². The number of rotatable bonds is 5. The standard InChI is InChI=1S/C30H31N6.Y/c1-3-35-15-13-21(14-16-35)17-36-18-25(27-29(31)32-19-33-30(27)36)24-11-9-23-10-12-26(34-28(23)20(24)2)22-7-5-4-6-8-22;/h4-9,11-12,18-19,21H,3,13-17H2,1-2H3,(H2,31,32,33);/q-1;. The van der Waals surface area contributed by atoms with Crippen LogP contribution in [0.25, 0.3) is 44.3 Å². The van der Waals surface area contributed by atoms with Crippen molar-refractivity contribution in [2.75, 3.05) is 25.4 Å². The van der Waals surface area contributed by atoms with Crippen LogP contribution in [0.15, 0.2) is 61.1 Å². The molecule has 185 valence electrons. The zero-order valence-corrected chi connectivity index (χ0v) is 24.3. The summed E-state index contributed by atoms with van der Waals surface area (Å²) in [4.78, 5) is 16.6. The number of likely N-dealkylation sites (tertiary alicyclic amines) is 1. The molecule has 1 aliphatic rings. The monoisotopic (exact) mass is 564 g/mol. The van der Waals surface area contributed by atoms with Crippen LogP contribution in [0.4, 0.5) is 5.82 Å². The number of hydrogen-bond donors (Lipinski definition) is 1. The maximum absolute atomic E-state index is 6.45. The van der Waals surface area contributed by atoms with Gasteiger partial charge in [0.2, 0.25) is 0 Å². The van der Waals surface area contributed by atoms with Crippen LogP contribution in [-0.4, -0.2) is 44.1 Å². The Morgan fingerprint density at radius 2 is 1.81 bits per heavy atom. The van der Waals surface area contributed by atoms with Gasteiger partial charge in [0.05, 0.1) is 5.39 Å². The van der Waals surface area contributed by atoms with Crippen LogP contribution >= 0.6 is 0 Å². The average Bonchev–Trinajstić information content (AvgIpc) is 3.29. The number of piperidine rings is 1. The second kappa shape index (κ2) is 11.0. The van der Waals surface area contributed by atoms with Crippen molar-refractivity contribution < 1.29 is 32.7 Å². The average molecular weight is 565 g/mol. The molecule has 6 rings (SSSR count). The van der Waals surface area contributed by atoms with Gasteiger partial charge in [0.15, 0.2) is 0 Å². The molecule has 0 unspecified atom stereocenters. The quantitative estimate of drug-likeness (QED) is 0.276. The van der Waals surface area contributed by atoms with Gasteiger partial charge >= 0.3 is 0 Å². The maximum atomic E-state index is 6.45. The van der Waals surface area contributed by atoms with Crippen LogP contribution in [0.3, 0.4) is 0 Å². The molecule has 1 radical (unpaired) electrons. The Morgan fingerprint density at radius 3 is 2.57 bits per heavy atom. The molecule has 0 bridgehead atoms. The minimum Gasteiger partial charge on any atom is -0.383 e. The van der Waals surface area contributed by atoms with E-state index in [1.807, 2.05) is 24.3 Å². The summed E-state index contributed by atoms with van der Waals surface area (Å²) in [6, 6.07) is 19.9. The Morgan fingerprint density at radius 1 is 1.03 bits per heavy atom. The summed E-state index contributed by atoms with van der Waals surface area (Å²) >= 11 is 0. The van der Waals surface area contributed by atoms with Gasteiger partial charge in [-0.15, -0.1) is 23.6 Å². The van der Waals surface area contributed by atoms with E-state index in [1.165, 1.54) is 25.9 Å². The first-order valence-electron chi connectivity index (χ1n) is 12.8. The molecule has 7 heteroatoms. The van der Waals surface area contributed by atoms with E-state index in [0.717, 1.165) is 63.0 Å².